The molecule has 2 aromatic rings. The first kappa shape index (κ1) is 23.1. The molecule has 0 saturated carbocycles. The molecule has 1 fully saturated rings. The molecule has 5 nitrogen and oxygen atoms in total. The highest BCUT2D eigenvalue weighted by Gasteiger charge is 2.27. The Labute approximate surface area is 189 Å². The number of hydrogen-bond acceptors (Lipinski definition) is 4. The zero-order valence-electron chi connectivity index (χ0n) is 16.9. The number of hydrogen-bond donors (Lipinski definition) is 2. The van der Waals surface area contributed by atoms with E-state index in [1.165, 1.54) is 10.4 Å². The Morgan fingerprint density at radius 3 is 2.71 bits per heavy atom. The third-order valence-corrected chi connectivity index (χ3v) is 5.95. The lowest BCUT2D eigenvalue weighted by Gasteiger charge is -2.32. The summed E-state index contributed by atoms with van der Waals surface area (Å²) in [5.41, 5.74) is 2.37. The summed E-state index contributed by atoms with van der Waals surface area (Å²) >= 11 is 1.72. The van der Waals surface area contributed by atoms with Crippen molar-refractivity contribution in [1.82, 2.24) is 15.6 Å². The van der Waals surface area contributed by atoms with Crippen molar-refractivity contribution in [3.05, 3.63) is 51.5 Å². The zero-order chi connectivity index (χ0) is 19.1. The number of thiazole rings is 1. The Bertz CT molecular complexity index is 731. The van der Waals surface area contributed by atoms with E-state index in [0.717, 1.165) is 49.2 Å². The zero-order valence-corrected chi connectivity index (χ0v) is 20.1. The van der Waals surface area contributed by atoms with Crippen LogP contribution in [0.15, 0.2) is 35.3 Å². The Balaban J connectivity index is 0.00000280. The van der Waals surface area contributed by atoms with Crippen LogP contribution >= 0.6 is 35.3 Å². The van der Waals surface area contributed by atoms with E-state index in [2.05, 4.69) is 66.7 Å². The van der Waals surface area contributed by atoms with Gasteiger partial charge in [-0.3, -0.25) is 0 Å². The summed E-state index contributed by atoms with van der Waals surface area (Å²) in [7, 11) is 0. The van der Waals surface area contributed by atoms with Crippen LogP contribution in [0.4, 0.5) is 0 Å². The molecule has 7 heteroatoms. The van der Waals surface area contributed by atoms with E-state index in [0.29, 0.717) is 12.5 Å². The summed E-state index contributed by atoms with van der Waals surface area (Å²) in [6.07, 6.45) is 2.43. The molecule has 2 atom stereocenters. The maximum absolute atomic E-state index is 6.11. The molecular formula is C21H31IN4OS. The predicted octanol–water partition coefficient (Wildman–Crippen LogP) is 4.60. The minimum absolute atomic E-state index is 0. The fraction of sp³-hybridized carbons (Fsp3) is 0.524. The lowest BCUT2D eigenvalue weighted by Crippen LogP contribution is -2.42. The van der Waals surface area contributed by atoms with Gasteiger partial charge in [-0.2, -0.15) is 0 Å². The van der Waals surface area contributed by atoms with Gasteiger partial charge >= 0.3 is 0 Å². The number of benzene rings is 1. The van der Waals surface area contributed by atoms with E-state index < -0.39 is 0 Å². The first-order valence-electron chi connectivity index (χ1n) is 9.79. The van der Waals surface area contributed by atoms with Gasteiger partial charge in [0.25, 0.3) is 0 Å². The molecule has 1 aromatic carbocycles. The largest absolute Gasteiger partial charge is 0.373 e. The highest BCUT2D eigenvalue weighted by molar-refractivity contribution is 14.0. The average Bonchev–Trinajstić information content (AvgIpc) is 3.02. The van der Waals surface area contributed by atoms with Crippen molar-refractivity contribution >= 4 is 41.3 Å². The predicted molar refractivity (Wildman–Crippen MR) is 128 cm³/mol. The molecule has 0 amide bonds. The van der Waals surface area contributed by atoms with Crippen molar-refractivity contribution < 1.29 is 4.74 Å². The third-order valence-electron chi connectivity index (χ3n) is 4.89. The Morgan fingerprint density at radius 1 is 1.25 bits per heavy atom. The van der Waals surface area contributed by atoms with Crippen LogP contribution in [0.2, 0.25) is 0 Å². The first-order chi connectivity index (χ1) is 13.2. The van der Waals surface area contributed by atoms with Crippen molar-refractivity contribution in [3.8, 4) is 0 Å². The molecule has 1 aliphatic heterocycles. The van der Waals surface area contributed by atoms with Gasteiger partial charge in [0.2, 0.25) is 0 Å². The second-order valence-electron chi connectivity index (χ2n) is 6.93. The molecule has 1 aromatic heterocycles. The van der Waals surface area contributed by atoms with Crippen LogP contribution in [0.5, 0.6) is 0 Å². The number of ether oxygens (including phenoxy) is 1. The van der Waals surface area contributed by atoms with E-state index in [4.69, 9.17) is 9.73 Å². The lowest BCUT2D eigenvalue weighted by molar-refractivity contribution is -0.0265. The highest BCUT2D eigenvalue weighted by Crippen LogP contribution is 2.33. The second-order valence-corrected chi connectivity index (χ2v) is 8.22. The maximum atomic E-state index is 6.11. The van der Waals surface area contributed by atoms with E-state index >= 15 is 0 Å². The van der Waals surface area contributed by atoms with Crippen LogP contribution in [0, 0.1) is 19.8 Å². The fourth-order valence-electron chi connectivity index (χ4n) is 3.39. The standard InChI is InChI=1S/C21H30N4OS.HI/c1-4-22-21(24-14-19-25-15(2)16(3)27-19)23-13-18-11-8-12-26-20(18)17-9-6-5-7-10-17;/h5-7,9-10,18,20H,4,8,11-14H2,1-3H3,(H2,22,23,24);1H. The number of aliphatic imine (C=N–C) groups is 1. The van der Waals surface area contributed by atoms with Gasteiger partial charge in [-0.05, 0) is 39.2 Å². The second kappa shape index (κ2) is 11.7. The molecule has 3 rings (SSSR count). The molecule has 0 bridgehead atoms. The monoisotopic (exact) mass is 514 g/mol. The van der Waals surface area contributed by atoms with Gasteiger partial charge in [-0.25, -0.2) is 9.98 Å². The summed E-state index contributed by atoms with van der Waals surface area (Å²) in [4.78, 5) is 10.6. The van der Waals surface area contributed by atoms with Crippen molar-refractivity contribution in [1.29, 1.82) is 0 Å². The van der Waals surface area contributed by atoms with Crippen molar-refractivity contribution in [3.63, 3.8) is 0 Å². The number of nitrogens with one attached hydrogen (secondary N) is 2. The van der Waals surface area contributed by atoms with Gasteiger partial charge in [0, 0.05) is 30.5 Å². The van der Waals surface area contributed by atoms with Crippen LogP contribution < -0.4 is 10.6 Å². The molecular weight excluding hydrogens is 483 g/mol. The van der Waals surface area contributed by atoms with Gasteiger partial charge in [0.1, 0.15) is 5.01 Å². The van der Waals surface area contributed by atoms with Gasteiger partial charge in [-0.15, -0.1) is 35.3 Å². The molecule has 2 unspecified atom stereocenters. The summed E-state index contributed by atoms with van der Waals surface area (Å²) in [5.74, 6) is 1.29. The Morgan fingerprint density at radius 2 is 2.04 bits per heavy atom. The van der Waals surface area contributed by atoms with Gasteiger partial charge in [0.05, 0.1) is 18.3 Å². The van der Waals surface area contributed by atoms with E-state index in [1.807, 2.05) is 0 Å². The molecule has 0 radical (unpaired) electrons. The number of nitrogens with zero attached hydrogens (tertiary/aromatic N) is 2. The van der Waals surface area contributed by atoms with Gasteiger partial charge in [0.15, 0.2) is 5.96 Å². The fourth-order valence-corrected chi connectivity index (χ4v) is 4.24. The summed E-state index contributed by atoms with van der Waals surface area (Å²) in [5, 5.41) is 7.92. The number of halogens is 1. The minimum atomic E-state index is 0. The third kappa shape index (κ3) is 6.42. The molecule has 0 aliphatic carbocycles. The number of rotatable bonds is 6. The van der Waals surface area contributed by atoms with Crippen molar-refractivity contribution in [2.75, 3.05) is 19.7 Å². The average molecular weight is 514 g/mol. The SMILES string of the molecule is CCNC(=NCc1nc(C)c(C)s1)NCC1CCCOC1c1ccccc1.I. The summed E-state index contributed by atoms with van der Waals surface area (Å²) in [6, 6.07) is 10.5. The smallest absolute Gasteiger partial charge is 0.191 e. The van der Waals surface area contributed by atoms with Crippen LogP contribution in [0.1, 0.15) is 47.0 Å². The van der Waals surface area contributed by atoms with Gasteiger partial charge in [-0.1, -0.05) is 30.3 Å². The number of aromatic nitrogens is 1. The van der Waals surface area contributed by atoms with Crippen LogP contribution in [-0.4, -0.2) is 30.6 Å². The Hall–Kier alpha value is -1.19. The molecule has 1 aliphatic rings. The molecule has 154 valence electrons. The quantitative estimate of drug-likeness (QED) is 0.336. The normalized spacial score (nSPS) is 19.8. The minimum Gasteiger partial charge on any atom is -0.373 e. The van der Waals surface area contributed by atoms with E-state index in [9.17, 15) is 0 Å². The Kier molecular flexibility index (Phi) is 9.67. The summed E-state index contributed by atoms with van der Waals surface area (Å²) < 4.78 is 6.11. The molecule has 0 spiro atoms. The van der Waals surface area contributed by atoms with Crippen molar-refractivity contribution in [2.24, 2.45) is 10.9 Å². The number of guanidine groups is 1. The number of aryl methyl sites for hydroxylation is 2. The summed E-state index contributed by atoms with van der Waals surface area (Å²) in [6.45, 7) is 9.38. The van der Waals surface area contributed by atoms with Gasteiger partial charge < -0.3 is 15.4 Å². The van der Waals surface area contributed by atoms with Crippen LogP contribution in [-0.2, 0) is 11.3 Å². The molecule has 2 N–H and O–H groups in total. The first-order valence-corrected chi connectivity index (χ1v) is 10.6. The maximum Gasteiger partial charge on any atom is 0.191 e. The van der Waals surface area contributed by atoms with E-state index in [1.54, 1.807) is 11.3 Å². The molecule has 2 heterocycles. The van der Waals surface area contributed by atoms with Crippen LogP contribution in [0.3, 0.4) is 0 Å². The topological polar surface area (TPSA) is 58.5 Å². The van der Waals surface area contributed by atoms with Crippen LogP contribution in [0.25, 0.3) is 0 Å². The molecule has 1 saturated heterocycles. The lowest BCUT2D eigenvalue weighted by atomic mass is 9.89. The molecule has 28 heavy (non-hydrogen) atoms. The van der Waals surface area contributed by atoms with Crippen molar-refractivity contribution in [2.45, 2.75) is 46.3 Å². The highest BCUT2D eigenvalue weighted by atomic mass is 127. The van der Waals surface area contributed by atoms with E-state index in [-0.39, 0.29) is 30.1 Å².